The van der Waals surface area contributed by atoms with E-state index in [1.54, 1.807) is 0 Å². The minimum Gasteiger partial charge on any atom is -0.399 e. The molecule has 118 valence electrons. The SMILES string of the molecule is Cc1cc(N)cc(S(=O)(=O)NCC2CCC(C)CC2)c1F. The third-order valence-corrected chi connectivity index (χ3v) is 5.65. The normalized spacial score (nSPS) is 23.2. The average Bonchev–Trinajstić information content (AvgIpc) is 2.42. The Hall–Kier alpha value is -1.14. The first-order valence-electron chi connectivity index (χ1n) is 7.35. The standard InChI is InChI=1S/C15H23FN2O2S/c1-10-3-5-12(6-4-10)9-18-21(19,20)14-8-13(17)7-11(2)15(14)16/h7-8,10,12,18H,3-6,9,17H2,1-2H3. The number of aryl methyl sites for hydroxylation is 1. The van der Waals surface area contributed by atoms with Crippen LogP contribution in [0.5, 0.6) is 0 Å². The Kier molecular flexibility index (Phi) is 4.88. The first kappa shape index (κ1) is 16.2. The Bertz CT molecular complexity index is 608. The summed E-state index contributed by atoms with van der Waals surface area (Å²) in [6.45, 7) is 4.08. The molecule has 1 aliphatic rings. The van der Waals surface area contributed by atoms with Crippen molar-refractivity contribution in [2.24, 2.45) is 11.8 Å². The van der Waals surface area contributed by atoms with E-state index in [1.165, 1.54) is 19.1 Å². The van der Waals surface area contributed by atoms with Gasteiger partial charge in [-0.3, -0.25) is 0 Å². The highest BCUT2D eigenvalue weighted by atomic mass is 32.2. The summed E-state index contributed by atoms with van der Waals surface area (Å²) in [5.74, 6) is 0.321. The van der Waals surface area contributed by atoms with Crippen LogP contribution in [0.1, 0.15) is 38.2 Å². The molecule has 1 fully saturated rings. The van der Waals surface area contributed by atoms with Crippen molar-refractivity contribution in [3.63, 3.8) is 0 Å². The molecule has 1 aromatic carbocycles. The van der Waals surface area contributed by atoms with E-state index in [0.717, 1.165) is 25.7 Å². The molecule has 0 unspecified atom stereocenters. The minimum absolute atomic E-state index is 0.238. The summed E-state index contributed by atoms with van der Waals surface area (Å²) in [7, 11) is -3.85. The van der Waals surface area contributed by atoms with Crippen LogP contribution in [0.15, 0.2) is 17.0 Å². The molecule has 0 atom stereocenters. The first-order valence-corrected chi connectivity index (χ1v) is 8.83. The van der Waals surface area contributed by atoms with Gasteiger partial charge in [0, 0.05) is 12.2 Å². The van der Waals surface area contributed by atoms with Crippen molar-refractivity contribution in [2.45, 2.75) is 44.4 Å². The third-order valence-electron chi connectivity index (χ3n) is 4.23. The van der Waals surface area contributed by atoms with Crippen LogP contribution in [0.25, 0.3) is 0 Å². The second kappa shape index (κ2) is 6.32. The summed E-state index contributed by atoms with van der Waals surface area (Å²) in [6, 6.07) is 2.60. The van der Waals surface area contributed by atoms with E-state index in [0.29, 0.717) is 18.4 Å². The van der Waals surface area contributed by atoms with Gasteiger partial charge >= 0.3 is 0 Å². The van der Waals surface area contributed by atoms with Gasteiger partial charge in [0.1, 0.15) is 10.7 Å². The second-order valence-corrected chi connectivity index (χ2v) is 7.86. The van der Waals surface area contributed by atoms with E-state index < -0.39 is 15.8 Å². The van der Waals surface area contributed by atoms with E-state index in [9.17, 15) is 12.8 Å². The van der Waals surface area contributed by atoms with Gasteiger partial charge in [-0.05, 0) is 49.3 Å². The van der Waals surface area contributed by atoms with Gasteiger partial charge in [0.15, 0.2) is 0 Å². The van der Waals surface area contributed by atoms with Crippen molar-refractivity contribution in [1.82, 2.24) is 4.72 Å². The molecular formula is C15H23FN2O2S. The summed E-state index contributed by atoms with van der Waals surface area (Å²) < 4.78 is 41.1. The fourth-order valence-electron chi connectivity index (χ4n) is 2.80. The molecule has 0 saturated heterocycles. The van der Waals surface area contributed by atoms with Crippen LogP contribution in [-0.2, 0) is 10.0 Å². The monoisotopic (exact) mass is 314 g/mol. The maximum Gasteiger partial charge on any atom is 0.243 e. The van der Waals surface area contributed by atoms with Crippen molar-refractivity contribution >= 4 is 15.7 Å². The maximum atomic E-state index is 14.0. The number of sulfonamides is 1. The number of hydrogen-bond donors (Lipinski definition) is 2. The van der Waals surface area contributed by atoms with E-state index >= 15 is 0 Å². The van der Waals surface area contributed by atoms with Crippen LogP contribution in [0, 0.1) is 24.6 Å². The van der Waals surface area contributed by atoms with Crippen LogP contribution in [-0.4, -0.2) is 15.0 Å². The fourth-order valence-corrected chi connectivity index (χ4v) is 4.10. The summed E-state index contributed by atoms with van der Waals surface area (Å²) in [5, 5.41) is 0. The Labute approximate surface area is 126 Å². The summed E-state index contributed by atoms with van der Waals surface area (Å²) >= 11 is 0. The molecule has 1 aromatic rings. The zero-order chi connectivity index (χ0) is 15.6. The van der Waals surface area contributed by atoms with Gasteiger partial charge < -0.3 is 5.73 Å². The summed E-state index contributed by atoms with van der Waals surface area (Å²) in [6.07, 6.45) is 4.28. The van der Waals surface area contributed by atoms with Gasteiger partial charge in [0.25, 0.3) is 0 Å². The van der Waals surface area contributed by atoms with Gasteiger partial charge in [0.2, 0.25) is 10.0 Å². The smallest absolute Gasteiger partial charge is 0.243 e. The molecule has 0 amide bonds. The van der Waals surface area contributed by atoms with Crippen LogP contribution in [0.3, 0.4) is 0 Å². The van der Waals surface area contributed by atoms with Crippen molar-refractivity contribution < 1.29 is 12.8 Å². The number of nitrogens with two attached hydrogens (primary N) is 1. The lowest BCUT2D eigenvalue weighted by Crippen LogP contribution is -2.31. The third kappa shape index (κ3) is 3.95. The molecular weight excluding hydrogens is 291 g/mol. The van der Waals surface area contributed by atoms with E-state index in [4.69, 9.17) is 5.73 Å². The molecule has 21 heavy (non-hydrogen) atoms. The summed E-state index contributed by atoms with van der Waals surface area (Å²) in [5.41, 5.74) is 6.11. The second-order valence-electron chi connectivity index (χ2n) is 6.13. The topological polar surface area (TPSA) is 72.2 Å². The van der Waals surface area contributed by atoms with Gasteiger partial charge in [-0.1, -0.05) is 19.8 Å². The zero-order valence-corrected chi connectivity index (χ0v) is 13.3. The van der Waals surface area contributed by atoms with E-state index in [2.05, 4.69) is 11.6 Å². The molecule has 0 heterocycles. The molecule has 3 N–H and O–H groups in total. The zero-order valence-electron chi connectivity index (χ0n) is 12.5. The van der Waals surface area contributed by atoms with Crippen molar-refractivity contribution in [3.05, 3.63) is 23.5 Å². The minimum atomic E-state index is -3.85. The average molecular weight is 314 g/mol. The Morgan fingerprint density at radius 1 is 1.29 bits per heavy atom. The maximum absolute atomic E-state index is 14.0. The van der Waals surface area contributed by atoms with Gasteiger partial charge in [0.05, 0.1) is 0 Å². The largest absolute Gasteiger partial charge is 0.399 e. The molecule has 1 saturated carbocycles. The van der Waals surface area contributed by atoms with Gasteiger partial charge in [-0.25, -0.2) is 17.5 Å². The van der Waals surface area contributed by atoms with Crippen LogP contribution in [0.4, 0.5) is 10.1 Å². The van der Waals surface area contributed by atoms with Crippen LogP contribution >= 0.6 is 0 Å². The number of anilines is 1. The lowest BCUT2D eigenvalue weighted by molar-refractivity contribution is 0.290. The van der Waals surface area contributed by atoms with Gasteiger partial charge in [-0.15, -0.1) is 0 Å². The highest BCUT2D eigenvalue weighted by Crippen LogP contribution is 2.28. The molecule has 2 rings (SSSR count). The predicted molar refractivity (Wildman–Crippen MR) is 81.9 cm³/mol. The molecule has 6 heteroatoms. The lowest BCUT2D eigenvalue weighted by atomic mass is 9.83. The molecule has 0 aromatic heterocycles. The highest BCUT2D eigenvalue weighted by molar-refractivity contribution is 7.89. The quantitative estimate of drug-likeness (QED) is 0.839. The van der Waals surface area contributed by atoms with Crippen molar-refractivity contribution in [3.8, 4) is 0 Å². The number of halogens is 1. The van der Waals surface area contributed by atoms with Crippen molar-refractivity contribution in [2.75, 3.05) is 12.3 Å². The van der Waals surface area contributed by atoms with Crippen LogP contribution in [0.2, 0.25) is 0 Å². The van der Waals surface area contributed by atoms with Crippen molar-refractivity contribution in [1.29, 1.82) is 0 Å². The Morgan fingerprint density at radius 3 is 2.52 bits per heavy atom. The number of nitrogens with one attached hydrogen (secondary N) is 1. The molecule has 0 radical (unpaired) electrons. The summed E-state index contributed by atoms with van der Waals surface area (Å²) in [4.78, 5) is -0.357. The van der Waals surface area contributed by atoms with E-state index in [-0.39, 0.29) is 16.1 Å². The predicted octanol–water partition coefficient (Wildman–Crippen LogP) is 2.82. The number of hydrogen-bond acceptors (Lipinski definition) is 3. The molecule has 0 aliphatic heterocycles. The van der Waals surface area contributed by atoms with Crippen LogP contribution < -0.4 is 10.5 Å². The van der Waals surface area contributed by atoms with Gasteiger partial charge in [-0.2, -0.15) is 0 Å². The number of benzene rings is 1. The Balaban J connectivity index is 2.09. The fraction of sp³-hybridized carbons (Fsp3) is 0.600. The number of rotatable bonds is 4. The Morgan fingerprint density at radius 2 is 1.90 bits per heavy atom. The molecule has 4 nitrogen and oxygen atoms in total. The highest BCUT2D eigenvalue weighted by Gasteiger charge is 2.24. The number of nitrogen functional groups attached to an aromatic ring is 1. The first-order chi connectivity index (χ1) is 9.79. The van der Waals surface area contributed by atoms with E-state index in [1.807, 2.05) is 0 Å². The lowest BCUT2D eigenvalue weighted by Gasteiger charge is -2.26. The molecule has 0 spiro atoms. The molecule has 1 aliphatic carbocycles. The molecule has 0 bridgehead atoms.